The molecule has 1 amide bonds. The van der Waals surface area contributed by atoms with Crippen LogP contribution < -0.4 is 5.32 Å². The molecule has 2 nitrogen and oxygen atoms in total. The molecule has 1 aromatic carbocycles. The van der Waals surface area contributed by atoms with E-state index in [1.54, 1.807) is 0 Å². The zero-order valence-electron chi connectivity index (χ0n) is 9.13. The zero-order chi connectivity index (χ0) is 10.6. The minimum absolute atomic E-state index is 0.177. The number of carbonyl (C=O) groups is 1. The summed E-state index contributed by atoms with van der Waals surface area (Å²) in [7, 11) is 0. The second-order valence-corrected chi connectivity index (χ2v) is 4.84. The van der Waals surface area contributed by atoms with E-state index < -0.39 is 0 Å². The van der Waals surface area contributed by atoms with Gasteiger partial charge in [-0.05, 0) is 47.9 Å². The van der Waals surface area contributed by atoms with Crippen LogP contribution in [0, 0.1) is 6.92 Å². The Hall–Kier alpha value is -1.31. The first-order valence-electron chi connectivity index (χ1n) is 5.60. The van der Waals surface area contributed by atoms with Gasteiger partial charge in [0.1, 0.15) is 0 Å². The molecule has 1 N–H and O–H groups in total. The molecule has 1 aromatic rings. The van der Waals surface area contributed by atoms with E-state index in [4.69, 9.17) is 0 Å². The number of rotatable bonds is 0. The summed E-state index contributed by atoms with van der Waals surface area (Å²) in [6.45, 7) is 4.44. The van der Waals surface area contributed by atoms with Crippen molar-refractivity contribution in [3.8, 4) is 0 Å². The quantitative estimate of drug-likeness (QED) is 0.687. The first-order chi connectivity index (χ1) is 7.16. The maximum atomic E-state index is 11.5. The van der Waals surface area contributed by atoms with Crippen molar-refractivity contribution in [3.63, 3.8) is 0 Å². The van der Waals surface area contributed by atoms with Gasteiger partial charge >= 0.3 is 0 Å². The predicted octanol–water partition coefficient (Wildman–Crippen LogP) is 2.93. The Morgan fingerprint density at radius 2 is 2.13 bits per heavy atom. The first kappa shape index (κ1) is 8.96. The maximum absolute atomic E-state index is 11.5. The third-order valence-electron chi connectivity index (χ3n) is 3.75. The highest BCUT2D eigenvalue weighted by Crippen LogP contribution is 2.49. The summed E-state index contributed by atoms with van der Waals surface area (Å²) in [6.07, 6.45) is 1.81. The topological polar surface area (TPSA) is 29.1 Å². The molecule has 1 heterocycles. The van der Waals surface area contributed by atoms with E-state index in [2.05, 4.69) is 31.3 Å². The van der Waals surface area contributed by atoms with E-state index in [0.29, 0.717) is 18.3 Å². The van der Waals surface area contributed by atoms with E-state index in [9.17, 15) is 4.79 Å². The van der Waals surface area contributed by atoms with Crippen LogP contribution in [0.1, 0.15) is 48.3 Å². The van der Waals surface area contributed by atoms with Crippen LogP contribution >= 0.6 is 0 Å². The highest BCUT2D eigenvalue weighted by atomic mass is 16.1. The molecule has 2 aliphatic rings. The molecule has 0 fully saturated rings. The fraction of sp³-hybridized carbons (Fsp3) is 0.462. The minimum atomic E-state index is 0.177. The Kier molecular flexibility index (Phi) is 1.70. The van der Waals surface area contributed by atoms with Gasteiger partial charge in [-0.3, -0.25) is 4.79 Å². The monoisotopic (exact) mass is 201 g/mol. The summed E-state index contributed by atoms with van der Waals surface area (Å²) in [5.41, 5.74) is 5.33. The minimum Gasteiger partial charge on any atom is -0.326 e. The van der Waals surface area contributed by atoms with Gasteiger partial charge in [0.2, 0.25) is 5.91 Å². The lowest BCUT2D eigenvalue weighted by atomic mass is 9.91. The third-order valence-corrected chi connectivity index (χ3v) is 3.75. The molecular weight excluding hydrogens is 186 g/mol. The fourth-order valence-electron chi connectivity index (χ4n) is 3.22. The SMILES string of the molecule is Cc1ccc2c3c1[C@H](C)C[C@@H]3CC(=O)N2. The van der Waals surface area contributed by atoms with E-state index in [1.807, 2.05) is 0 Å². The van der Waals surface area contributed by atoms with E-state index in [-0.39, 0.29) is 5.91 Å². The number of nitrogens with one attached hydrogen (secondary N) is 1. The number of aryl methyl sites for hydroxylation is 1. The Labute approximate surface area is 89.7 Å². The van der Waals surface area contributed by atoms with Gasteiger partial charge in [0.15, 0.2) is 0 Å². The van der Waals surface area contributed by atoms with E-state index in [0.717, 1.165) is 12.1 Å². The van der Waals surface area contributed by atoms with Crippen molar-refractivity contribution in [1.82, 2.24) is 0 Å². The van der Waals surface area contributed by atoms with Crippen molar-refractivity contribution in [2.24, 2.45) is 0 Å². The Morgan fingerprint density at radius 1 is 1.33 bits per heavy atom. The van der Waals surface area contributed by atoms with Crippen molar-refractivity contribution in [1.29, 1.82) is 0 Å². The molecule has 78 valence electrons. The summed E-state index contributed by atoms with van der Waals surface area (Å²) in [4.78, 5) is 11.5. The van der Waals surface area contributed by atoms with Gasteiger partial charge in [-0.2, -0.15) is 0 Å². The van der Waals surface area contributed by atoms with Crippen molar-refractivity contribution >= 4 is 11.6 Å². The molecule has 0 unspecified atom stereocenters. The predicted molar refractivity (Wildman–Crippen MR) is 60.2 cm³/mol. The van der Waals surface area contributed by atoms with Crippen LogP contribution in [0.2, 0.25) is 0 Å². The van der Waals surface area contributed by atoms with Gasteiger partial charge in [-0.25, -0.2) is 0 Å². The summed E-state index contributed by atoms with van der Waals surface area (Å²) in [5.74, 6) is 1.26. The lowest BCUT2D eigenvalue weighted by Crippen LogP contribution is -2.21. The van der Waals surface area contributed by atoms with Crippen LogP contribution in [-0.2, 0) is 4.79 Å². The van der Waals surface area contributed by atoms with Crippen LogP contribution in [0.5, 0.6) is 0 Å². The van der Waals surface area contributed by atoms with Crippen LogP contribution in [0.4, 0.5) is 5.69 Å². The molecule has 0 radical (unpaired) electrons. The molecule has 2 heteroatoms. The number of carbonyl (C=O) groups excluding carboxylic acids is 1. The van der Waals surface area contributed by atoms with Crippen molar-refractivity contribution < 1.29 is 4.79 Å². The van der Waals surface area contributed by atoms with Crippen LogP contribution in [0.15, 0.2) is 12.1 Å². The standard InChI is InChI=1S/C13H15NO/c1-7-3-4-10-13-9(6-11(15)14-10)5-8(2)12(7)13/h3-4,8-9H,5-6H2,1-2H3,(H,14,15)/t8-,9-/m1/s1. The average molecular weight is 201 g/mol. The summed E-state index contributed by atoms with van der Waals surface area (Å²) in [5, 5.41) is 2.98. The maximum Gasteiger partial charge on any atom is 0.224 e. The fourth-order valence-corrected chi connectivity index (χ4v) is 3.22. The molecule has 1 aliphatic heterocycles. The molecule has 0 spiro atoms. The average Bonchev–Trinajstić information content (AvgIpc) is 2.49. The van der Waals surface area contributed by atoms with E-state index in [1.165, 1.54) is 16.7 Å². The number of anilines is 1. The lowest BCUT2D eigenvalue weighted by molar-refractivity contribution is -0.116. The van der Waals surface area contributed by atoms with Gasteiger partial charge in [0, 0.05) is 12.1 Å². The van der Waals surface area contributed by atoms with Gasteiger partial charge < -0.3 is 5.32 Å². The summed E-state index contributed by atoms with van der Waals surface area (Å²) >= 11 is 0. The van der Waals surface area contributed by atoms with Crippen molar-refractivity contribution in [2.75, 3.05) is 5.32 Å². The number of amides is 1. The van der Waals surface area contributed by atoms with Crippen LogP contribution in [-0.4, -0.2) is 5.91 Å². The summed E-state index contributed by atoms with van der Waals surface area (Å²) < 4.78 is 0. The molecule has 0 bridgehead atoms. The van der Waals surface area contributed by atoms with Crippen LogP contribution in [0.3, 0.4) is 0 Å². The largest absolute Gasteiger partial charge is 0.326 e. The lowest BCUT2D eigenvalue weighted by Gasteiger charge is -2.22. The molecule has 1 aliphatic carbocycles. The summed E-state index contributed by atoms with van der Waals surface area (Å²) in [6, 6.07) is 4.18. The smallest absolute Gasteiger partial charge is 0.224 e. The van der Waals surface area contributed by atoms with Crippen molar-refractivity contribution in [2.45, 2.75) is 38.5 Å². The van der Waals surface area contributed by atoms with Gasteiger partial charge in [0.25, 0.3) is 0 Å². The second-order valence-electron chi connectivity index (χ2n) is 4.84. The zero-order valence-corrected chi connectivity index (χ0v) is 9.13. The number of benzene rings is 1. The molecule has 0 saturated carbocycles. The molecule has 3 rings (SSSR count). The molecule has 0 saturated heterocycles. The Balaban J connectivity index is 2.25. The number of hydrogen-bond donors (Lipinski definition) is 1. The van der Waals surface area contributed by atoms with Gasteiger partial charge in [-0.15, -0.1) is 0 Å². The molecule has 0 aromatic heterocycles. The van der Waals surface area contributed by atoms with E-state index >= 15 is 0 Å². The molecular formula is C13H15NO. The Morgan fingerprint density at radius 3 is 2.93 bits per heavy atom. The van der Waals surface area contributed by atoms with Gasteiger partial charge in [-0.1, -0.05) is 13.0 Å². The number of hydrogen-bond acceptors (Lipinski definition) is 1. The van der Waals surface area contributed by atoms with Gasteiger partial charge in [0.05, 0.1) is 0 Å². The molecule has 15 heavy (non-hydrogen) atoms. The highest BCUT2D eigenvalue weighted by molar-refractivity contribution is 5.95. The third kappa shape index (κ3) is 1.14. The van der Waals surface area contributed by atoms with Crippen LogP contribution in [0.25, 0.3) is 0 Å². The molecule has 2 atom stereocenters. The first-order valence-corrected chi connectivity index (χ1v) is 5.60. The Bertz CT molecular complexity index is 450. The highest BCUT2D eigenvalue weighted by Gasteiger charge is 2.36. The second kappa shape index (κ2) is 2.84. The van der Waals surface area contributed by atoms with Crippen molar-refractivity contribution in [3.05, 3.63) is 28.8 Å². The normalized spacial score (nSPS) is 27.5.